The van der Waals surface area contributed by atoms with Gasteiger partial charge in [-0.15, -0.1) is 0 Å². The van der Waals surface area contributed by atoms with Crippen molar-refractivity contribution in [3.63, 3.8) is 0 Å². The Morgan fingerprint density at radius 2 is 1.41 bits per heavy atom. The van der Waals surface area contributed by atoms with Gasteiger partial charge in [0, 0.05) is 5.57 Å². The molecule has 0 bridgehead atoms. The molecular weight excluding hydrogens is 282 g/mol. The van der Waals surface area contributed by atoms with Crippen LogP contribution in [0.15, 0.2) is 11.6 Å². The van der Waals surface area contributed by atoms with Gasteiger partial charge in [-0.2, -0.15) is 8.78 Å². The molecule has 0 radical (unpaired) electrons. The van der Waals surface area contributed by atoms with E-state index in [1.807, 2.05) is 0 Å². The Hall–Kier alpha value is -0.440. The Labute approximate surface area is 133 Å². The van der Waals surface area contributed by atoms with E-state index < -0.39 is 6.11 Å². The van der Waals surface area contributed by atoms with Gasteiger partial charge in [-0.05, 0) is 75.5 Å². The van der Waals surface area contributed by atoms with Crippen LogP contribution in [0.5, 0.6) is 0 Å². The lowest BCUT2D eigenvalue weighted by atomic mass is 9.68. The smallest absolute Gasteiger partial charge is 0.313 e. The second kappa shape index (κ2) is 6.59. The molecule has 3 heteroatoms. The summed E-state index contributed by atoms with van der Waals surface area (Å²) in [4.78, 5) is 0. The summed E-state index contributed by atoms with van der Waals surface area (Å²) in [5.41, 5.74) is 0.0776. The zero-order valence-electron chi connectivity index (χ0n) is 14.0. The molecule has 126 valence electrons. The summed E-state index contributed by atoms with van der Waals surface area (Å²) in [5.74, 6) is 2.97. The fourth-order valence-corrected chi connectivity index (χ4v) is 4.78. The SMILES string of the molecule is CC1=CCC(C2CCC(C3CCC(C)CC3)CC2)OC1(F)F. The third-order valence-electron chi connectivity index (χ3n) is 6.48. The Balaban J connectivity index is 1.50. The van der Waals surface area contributed by atoms with Crippen LogP contribution < -0.4 is 0 Å². The second-order valence-electron chi connectivity index (χ2n) is 7.99. The zero-order chi connectivity index (χ0) is 15.7. The molecule has 0 N–H and O–H groups in total. The minimum atomic E-state index is -3.04. The van der Waals surface area contributed by atoms with Crippen molar-refractivity contribution in [1.82, 2.24) is 0 Å². The number of hydrogen-bond acceptors (Lipinski definition) is 1. The van der Waals surface area contributed by atoms with Crippen LogP contribution in [0.3, 0.4) is 0 Å². The van der Waals surface area contributed by atoms with E-state index in [1.165, 1.54) is 45.4 Å². The molecule has 3 aliphatic rings. The summed E-state index contributed by atoms with van der Waals surface area (Å²) >= 11 is 0. The molecule has 0 saturated heterocycles. The largest absolute Gasteiger partial charge is 0.379 e. The van der Waals surface area contributed by atoms with Gasteiger partial charge in [0.1, 0.15) is 0 Å². The van der Waals surface area contributed by atoms with Gasteiger partial charge in [-0.25, -0.2) is 0 Å². The molecule has 0 spiro atoms. The monoisotopic (exact) mass is 312 g/mol. The molecule has 1 nitrogen and oxygen atoms in total. The maximum Gasteiger partial charge on any atom is 0.379 e. The highest BCUT2D eigenvalue weighted by atomic mass is 19.3. The Kier molecular flexibility index (Phi) is 4.92. The first kappa shape index (κ1) is 16.4. The van der Waals surface area contributed by atoms with Gasteiger partial charge < -0.3 is 4.74 Å². The van der Waals surface area contributed by atoms with Crippen LogP contribution in [-0.4, -0.2) is 12.2 Å². The van der Waals surface area contributed by atoms with Gasteiger partial charge in [0.05, 0.1) is 6.10 Å². The van der Waals surface area contributed by atoms with Gasteiger partial charge in [-0.3, -0.25) is 0 Å². The maximum atomic E-state index is 13.7. The van der Waals surface area contributed by atoms with Crippen LogP contribution in [0, 0.1) is 23.7 Å². The quantitative estimate of drug-likeness (QED) is 0.573. The van der Waals surface area contributed by atoms with Crippen LogP contribution in [0.25, 0.3) is 0 Å². The van der Waals surface area contributed by atoms with Crippen molar-refractivity contribution in [1.29, 1.82) is 0 Å². The first-order chi connectivity index (χ1) is 10.5. The average molecular weight is 312 g/mol. The van der Waals surface area contributed by atoms with E-state index in [0.29, 0.717) is 12.3 Å². The molecule has 22 heavy (non-hydrogen) atoms. The van der Waals surface area contributed by atoms with Gasteiger partial charge in [0.25, 0.3) is 0 Å². The van der Waals surface area contributed by atoms with Crippen LogP contribution in [0.1, 0.15) is 71.6 Å². The normalized spacial score (nSPS) is 42.7. The molecule has 3 rings (SSSR count). The zero-order valence-corrected chi connectivity index (χ0v) is 14.0. The summed E-state index contributed by atoms with van der Waals surface area (Å²) in [6.07, 6.45) is 9.15. The highest BCUT2D eigenvalue weighted by molar-refractivity contribution is 5.10. The lowest BCUT2D eigenvalue weighted by Crippen LogP contribution is -2.39. The predicted molar refractivity (Wildman–Crippen MR) is 84.8 cm³/mol. The molecule has 1 aliphatic heterocycles. The molecule has 0 aromatic rings. The van der Waals surface area contributed by atoms with E-state index in [0.717, 1.165) is 30.6 Å². The van der Waals surface area contributed by atoms with E-state index in [1.54, 1.807) is 6.08 Å². The minimum Gasteiger partial charge on any atom is -0.313 e. The van der Waals surface area contributed by atoms with Crippen molar-refractivity contribution in [2.75, 3.05) is 0 Å². The van der Waals surface area contributed by atoms with Gasteiger partial charge in [-0.1, -0.05) is 25.8 Å². The van der Waals surface area contributed by atoms with E-state index in [2.05, 4.69) is 6.92 Å². The molecule has 1 unspecified atom stereocenters. The fourth-order valence-electron chi connectivity index (χ4n) is 4.78. The van der Waals surface area contributed by atoms with Gasteiger partial charge in [0.2, 0.25) is 0 Å². The number of hydrogen-bond donors (Lipinski definition) is 0. The summed E-state index contributed by atoms with van der Waals surface area (Å²) in [6, 6.07) is 0. The maximum absolute atomic E-state index is 13.7. The predicted octanol–water partition coefficient (Wildman–Crippen LogP) is 5.95. The van der Waals surface area contributed by atoms with Gasteiger partial charge >= 0.3 is 6.11 Å². The minimum absolute atomic E-state index is 0.0776. The second-order valence-corrected chi connectivity index (χ2v) is 7.99. The third-order valence-corrected chi connectivity index (χ3v) is 6.48. The van der Waals surface area contributed by atoms with Crippen LogP contribution in [-0.2, 0) is 4.74 Å². The highest BCUT2D eigenvalue weighted by Gasteiger charge is 2.42. The Bertz CT molecular complexity index is 402. The molecule has 0 aromatic heterocycles. The number of rotatable bonds is 2. The van der Waals surface area contributed by atoms with E-state index >= 15 is 0 Å². The van der Waals surface area contributed by atoms with E-state index in [-0.39, 0.29) is 11.7 Å². The number of alkyl halides is 2. The molecule has 0 amide bonds. The molecule has 2 aliphatic carbocycles. The summed E-state index contributed by atoms with van der Waals surface area (Å²) in [6.45, 7) is 3.83. The summed E-state index contributed by atoms with van der Waals surface area (Å²) in [5, 5.41) is 0. The van der Waals surface area contributed by atoms with Gasteiger partial charge in [0.15, 0.2) is 0 Å². The topological polar surface area (TPSA) is 9.23 Å². The number of ether oxygens (including phenoxy) is 1. The van der Waals surface area contributed by atoms with Crippen molar-refractivity contribution >= 4 is 0 Å². The van der Waals surface area contributed by atoms with Crippen LogP contribution in [0.2, 0.25) is 0 Å². The molecule has 1 atom stereocenters. The first-order valence-electron chi connectivity index (χ1n) is 9.18. The molecule has 2 saturated carbocycles. The standard InChI is InChI=1S/C19H30F2O/c1-13-3-6-15(7-4-13)16-8-10-17(11-9-16)18-12-5-14(2)19(20,21)22-18/h5,13,15-18H,3-4,6-12H2,1-2H3. The molecule has 1 heterocycles. The van der Waals surface area contributed by atoms with Crippen molar-refractivity contribution in [3.05, 3.63) is 11.6 Å². The Morgan fingerprint density at radius 3 is 1.95 bits per heavy atom. The molecule has 0 aromatic carbocycles. The summed E-state index contributed by atoms with van der Waals surface area (Å²) < 4.78 is 32.6. The summed E-state index contributed by atoms with van der Waals surface area (Å²) in [7, 11) is 0. The lowest BCUT2D eigenvalue weighted by Gasteiger charge is -2.40. The number of halogens is 2. The first-order valence-corrected chi connectivity index (χ1v) is 9.18. The van der Waals surface area contributed by atoms with Crippen LogP contribution in [0.4, 0.5) is 8.78 Å². The molecular formula is C19H30F2O. The highest BCUT2D eigenvalue weighted by Crippen LogP contribution is 2.44. The van der Waals surface area contributed by atoms with E-state index in [9.17, 15) is 8.78 Å². The van der Waals surface area contributed by atoms with Crippen LogP contribution >= 0.6 is 0 Å². The average Bonchev–Trinajstić information content (AvgIpc) is 2.51. The third kappa shape index (κ3) is 3.55. The van der Waals surface area contributed by atoms with Crippen molar-refractivity contribution in [2.24, 2.45) is 23.7 Å². The van der Waals surface area contributed by atoms with Crippen molar-refractivity contribution < 1.29 is 13.5 Å². The lowest BCUT2D eigenvalue weighted by molar-refractivity contribution is -0.253. The van der Waals surface area contributed by atoms with Crippen molar-refractivity contribution in [2.45, 2.75) is 83.8 Å². The fraction of sp³-hybridized carbons (Fsp3) is 0.895. The van der Waals surface area contributed by atoms with Crippen molar-refractivity contribution in [3.8, 4) is 0 Å². The Morgan fingerprint density at radius 1 is 0.909 bits per heavy atom. The van der Waals surface area contributed by atoms with E-state index in [4.69, 9.17) is 4.74 Å². The molecule has 2 fully saturated rings.